The number of nitrogens with zero attached hydrogens (tertiary/aromatic N) is 3. The zero-order chi connectivity index (χ0) is 20.4. The first-order valence-electron chi connectivity index (χ1n) is 10.0. The largest absolute Gasteiger partial charge is 0.360 e. The van der Waals surface area contributed by atoms with Crippen LogP contribution in [0, 0.1) is 5.82 Å². The minimum absolute atomic E-state index is 0.154. The summed E-state index contributed by atoms with van der Waals surface area (Å²) in [5, 5.41) is 8.22. The molecule has 0 spiro atoms. The second-order valence-corrected chi connectivity index (χ2v) is 7.76. The van der Waals surface area contributed by atoms with Crippen molar-refractivity contribution >= 4 is 5.91 Å². The predicted molar refractivity (Wildman–Crippen MR) is 105 cm³/mol. The standard InChI is InChI=1S/C22H24FN3O3/c1-14(2)20-13-18(25-28-20)22(27)26-11-5-3-4-6-19(26)17-12-21(29-24-17)15-7-9-16(23)10-8-15/h7-10,12-14,19H,3-6,11H2,1-2H3/t19-/m1/s1. The molecule has 0 bridgehead atoms. The lowest BCUT2D eigenvalue weighted by Crippen LogP contribution is -2.35. The van der Waals surface area contributed by atoms with Crippen molar-refractivity contribution in [3.05, 3.63) is 59.4 Å². The Morgan fingerprint density at radius 2 is 1.90 bits per heavy atom. The highest BCUT2D eigenvalue weighted by Gasteiger charge is 2.31. The van der Waals surface area contributed by atoms with E-state index in [9.17, 15) is 9.18 Å². The molecule has 1 aromatic carbocycles. The Labute approximate surface area is 168 Å². The van der Waals surface area contributed by atoms with Crippen LogP contribution < -0.4 is 0 Å². The van der Waals surface area contributed by atoms with Crippen molar-refractivity contribution in [1.29, 1.82) is 0 Å². The predicted octanol–water partition coefficient (Wildman–Crippen LogP) is 5.35. The average Bonchev–Trinajstić information content (AvgIpc) is 3.33. The minimum atomic E-state index is -0.303. The molecule has 1 aliphatic rings. The van der Waals surface area contributed by atoms with E-state index in [2.05, 4.69) is 10.3 Å². The maximum Gasteiger partial charge on any atom is 0.276 e. The zero-order valence-electron chi connectivity index (χ0n) is 16.6. The van der Waals surface area contributed by atoms with Crippen LogP contribution in [0.4, 0.5) is 4.39 Å². The van der Waals surface area contributed by atoms with Crippen LogP contribution in [0.25, 0.3) is 11.3 Å². The molecule has 0 saturated carbocycles. The van der Waals surface area contributed by atoms with Gasteiger partial charge in [-0.3, -0.25) is 4.79 Å². The van der Waals surface area contributed by atoms with E-state index in [1.807, 2.05) is 24.8 Å². The van der Waals surface area contributed by atoms with Gasteiger partial charge in [-0.05, 0) is 37.1 Å². The number of halogens is 1. The second-order valence-electron chi connectivity index (χ2n) is 7.76. The Morgan fingerprint density at radius 1 is 1.10 bits per heavy atom. The molecule has 152 valence electrons. The van der Waals surface area contributed by atoms with E-state index in [0.29, 0.717) is 29.5 Å². The van der Waals surface area contributed by atoms with Gasteiger partial charge < -0.3 is 13.9 Å². The highest BCUT2D eigenvalue weighted by atomic mass is 19.1. The summed E-state index contributed by atoms with van der Waals surface area (Å²) < 4.78 is 24.0. The molecule has 1 saturated heterocycles. The van der Waals surface area contributed by atoms with Crippen molar-refractivity contribution in [2.24, 2.45) is 0 Å². The number of hydrogen-bond donors (Lipinski definition) is 0. The Bertz CT molecular complexity index is 977. The van der Waals surface area contributed by atoms with Gasteiger partial charge in [-0.15, -0.1) is 0 Å². The topological polar surface area (TPSA) is 72.4 Å². The van der Waals surface area contributed by atoms with E-state index >= 15 is 0 Å². The molecule has 1 aliphatic heterocycles. The minimum Gasteiger partial charge on any atom is -0.360 e. The molecule has 4 rings (SSSR count). The van der Waals surface area contributed by atoms with Crippen LogP contribution in [0.5, 0.6) is 0 Å². The van der Waals surface area contributed by atoms with Crippen LogP contribution >= 0.6 is 0 Å². The molecule has 6 nitrogen and oxygen atoms in total. The number of aromatic nitrogens is 2. The fourth-order valence-electron chi connectivity index (χ4n) is 3.66. The van der Waals surface area contributed by atoms with Crippen LogP contribution in [0.2, 0.25) is 0 Å². The Kier molecular flexibility index (Phi) is 5.47. The molecule has 7 heteroatoms. The van der Waals surface area contributed by atoms with Crippen LogP contribution in [0.3, 0.4) is 0 Å². The van der Waals surface area contributed by atoms with Gasteiger partial charge in [0.15, 0.2) is 11.5 Å². The van der Waals surface area contributed by atoms with Gasteiger partial charge in [0.2, 0.25) is 0 Å². The Balaban J connectivity index is 1.61. The normalized spacial score (nSPS) is 17.5. The first-order valence-corrected chi connectivity index (χ1v) is 10.0. The molecule has 0 unspecified atom stereocenters. The summed E-state index contributed by atoms with van der Waals surface area (Å²) in [6.45, 7) is 4.62. The van der Waals surface area contributed by atoms with E-state index in [4.69, 9.17) is 9.05 Å². The summed E-state index contributed by atoms with van der Waals surface area (Å²) in [7, 11) is 0. The fourth-order valence-corrected chi connectivity index (χ4v) is 3.66. The molecule has 3 heterocycles. The summed E-state index contributed by atoms with van der Waals surface area (Å²) in [6.07, 6.45) is 3.79. The number of amides is 1. The molecular formula is C22H24FN3O3. The number of likely N-dealkylation sites (tertiary alicyclic amines) is 1. The fraction of sp³-hybridized carbons (Fsp3) is 0.409. The van der Waals surface area contributed by atoms with Gasteiger partial charge >= 0.3 is 0 Å². The summed E-state index contributed by atoms with van der Waals surface area (Å²) in [4.78, 5) is 15.0. The van der Waals surface area contributed by atoms with E-state index in [0.717, 1.165) is 31.2 Å². The lowest BCUT2D eigenvalue weighted by atomic mass is 10.0. The molecule has 2 aromatic heterocycles. The highest BCUT2D eigenvalue weighted by molar-refractivity contribution is 5.92. The van der Waals surface area contributed by atoms with Crippen molar-refractivity contribution in [2.75, 3.05) is 6.54 Å². The van der Waals surface area contributed by atoms with Crippen molar-refractivity contribution in [1.82, 2.24) is 15.2 Å². The molecule has 0 aliphatic carbocycles. The van der Waals surface area contributed by atoms with Gasteiger partial charge in [0.25, 0.3) is 5.91 Å². The van der Waals surface area contributed by atoms with E-state index < -0.39 is 0 Å². The van der Waals surface area contributed by atoms with Crippen molar-refractivity contribution < 1.29 is 18.2 Å². The third kappa shape index (κ3) is 4.09. The van der Waals surface area contributed by atoms with Crippen LogP contribution in [0.1, 0.15) is 73.4 Å². The Morgan fingerprint density at radius 3 is 2.62 bits per heavy atom. The third-order valence-corrected chi connectivity index (χ3v) is 5.33. The summed E-state index contributed by atoms with van der Waals surface area (Å²) in [5.41, 5.74) is 1.77. The SMILES string of the molecule is CC(C)c1cc(C(=O)N2CCCCC[C@@H]2c2cc(-c3ccc(F)cc3)on2)no1. The molecule has 1 fully saturated rings. The summed E-state index contributed by atoms with van der Waals surface area (Å²) in [5.74, 6) is 0.957. The number of carbonyl (C=O) groups excluding carboxylic acids is 1. The maximum atomic E-state index is 13.2. The molecule has 1 amide bonds. The maximum absolute atomic E-state index is 13.2. The highest BCUT2D eigenvalue weighted by Crippen LogP contribution is 2.33. The average molecular weight is 397 g/mol. The number of hydrogen-bond acceptors (Lipinski definition) is 5. The van der Waals surface area contributed by atoms with E-state index in [-0.39, 0.29) is 23.7 Å². The smallest absolute Gasteiger partial charge is 0.276 e. The molecule has 0 radical (unpaired) electrons. The summed E-state index contributed by atoms with van der Waals surface area (Å²) in [6, 6.07) is 9.44. The molecule has 29 heavy (non-hydrogen) atoms. The van der Waals surface area contributed by atoms with E-state index in [1.54, 1.807) is 18.2 Å². The second kappa shape index (κ2) is 8.19. The van der Waals surface area contributed by atoms with Crippen LogP contribution in [0.15, 0.2) is 45.4 Å². The van der Waals surface area contributed by atoms with Crippen molar-refractivity contribution in [2.45, 2.75) is 51.5 Å². The quantitative estimate of drug-likeness (QED) is 0.593. The number of carbonyl (C=O) groups is 1. The van der Waals surface area contributed by atoms with Gasteiger partial charge in [-0.2, -0.15) is 0 Å². The van der Waals surface area contributed by atoms with Crippen molar-refractivity contribution in [3.63, 3.8) is 0 Å². The van der Waals surface area contributed by atoms with Gasteiger partial charge in [-0.1, -0.05) is 37.0 Å². The molecule has 3 aromatic rings. The zero-order valence-corrected chi connectivity index (χ0v) is 16.6. The van der Waals surface area contributed by atoms with Gasteiger partial charge in [-0.25, -0.2) is 4.39 Å². The van der Waals surface area contributed by atoms with E-state index in [1.165, 1.54) is 12.1 Å². The van der Waals surface area contributed by atoms with Gasteiger partial charge in [0.05, 0.1) is 6.04 Å². The number of rotatable bonds is 4. The third-order valence-electron chi connectivity index (χ3n) is 5.33. The lowest BCUT2D eigenvalue weighted by Gasteiger charge is -2.27. The summed E-state index contributed by atoms with van der Waals surface area (Å²) >= 11 is 0. The van der Waals surface area contributed by atoms with Crippen LogP contribution in [-0.4, -0.2) is 27.7 Å². The van der Waals surface area contributed by atoms with Gasteiger partial charge in [0, 0.05) is 30.2 Å². The van der Waals surface area contributed by atoms with Crippen LogP contribution in [-0.2, 0) is 0 Å². The van der Waals surface area contributed by atoms with Gasteiger partial charge in [0.1, 0.15) is 17.3 Å². The Hall–Kier alpha value is -2.96. The molecular weight excluding hydrogens is 373 g/mol. The number of benzene rings is 1. The first-order chi connectivity index (χ1) is 14.0. The van der Waals surface area contributed by atoms with Crippen molar-refractivity contribution in [3.8, 4) is 11.3 Å². The lowest BCUT2D eigenvalue weighted by molar-refractivity contribution is 0.0663. The molecule has 0 N–H and O–H groups in total. The molecule has 1 atom stereocenters. The first kappa shape index (κ1) is 19.4. The monoisotopic (exact) mass is 397 g/mol.